The van der Waals surface area contributed by atoms with E-state index < -0.39 is 10.0 Å². The number of hydrogen-bond acceptors (Lipinski definition) is 5. The summed E-state index contributed by atoms with van der Waals surface area (Å²) in [5.41, 5.74) is 1.01. The molecule has 1 fully saturated rings. The van der Waals surface area contributed by atoms with Gasteiger partial charge < -0.3 is 5.32 Å². The standard InChI is InChI=1S/C17H21N3O3S2/c1-12-7-8-18-15(10-12)19-17(21)14-4-3-9-20(11-14)25(22,23)16-6-5-13(2)24-16/h5-8,10,14H,3-4,9,11H2,1-2H3,(H,18,19,21). The fourth-order valence-electron chi connectivity index (χ4n) is 2.89. The van der Waals surface area contributed by atoms with Crippen molar-refractivity contribution in [2.24, 2.45) is 5.92 Å². The third-order valence-corrected chi connectivity index (χ3v) is 7.56. The molecule has 0 spiro atoms. The van der Waals surface area contributed by atoms with Crippen molar-refractivity contribution < 1.29 is 13.2 Å². The van der Waals surface area contributed by atoms with E-state index in [1.54, 1.807) is 24.4 Å². The monoisotopic (exact) mass is 379 g/mol. The van der Waals surface area contributed by atoms with Crippen molar-refractivity contribution in [3.05, 3.63) is 40.9 Å². The minimum Gasteiger partial charge on any atom is -0.310 e. The van der Waals surface area contributed by atoms with Crippen LogP contribution in [0.5, 0.6) is 0 Å². The smallest absolute Gasteiger partial charge is 0.252 e. The predicted octanol–water partition coefficient (Wildman–Crippen LogP) is 2.80. The van der Waals surface area contributed by atoms with Gasteiger partial charge in [0.05, 0.1) is 5.92 Å². The molecule has 25 heavy (non-hydrogen) atoms. The Labute approximate surface area is 151 Å². The van der Waals surface area contributed by atoms with E-state index in [4.69, 9.17) is 0 Å². The van der Waals surface area contributed by atoms with Crippen molar-refractivity contribution in [1.29, 1.82) is 0 Å². The van der Waals surface area contributed by atoms with Gasteiger partial charge >= 0.3 is 0 Å². The molecule has 6 nitrogen and oxygen atoms in total. The summed E-state index contributed by atoms with van der Waals surface area (Å²) in [6.07, 6.45) is 2.98. The number of carbonyl (C=O) groups is 1. The summed E-state index contributed by atoms with van der Waals surface area (Å²) in [5, 5.41) is 2.80. The minimum absolute atomic E-state index is 0.180. The Balaban J connectivity index is 1.71. The Morgan fingerprint density at radius 1 is 1.32 bits per heavy atom. The molecule has 1 aliphatic heterocycles. The van der Waals surface area contributed by atoms with E-state index in [1.807, 2.05) is 19.9 Å². The van der Waals surface area contributed by atoms with Crippen LogP contribution in [0.15, 0.2) is 34.7 Å². The summed E-state index contributed by atoms with van der Waals surface area (Å²) in [6, 6.07) is 7.09. The van der Waals surface area contributed by atoms with Gasteiger partial charge in [-0.1, -0.05) is 0 Å². The van der Waals surface area contributed by atoms with E-state index in [0.29, 0.717) is 29.4 Å². The zero-order valence-corrected chi connectivity index (χ0v) is 15.9. The molecule has 134 valence electrons. The van der Waals surface area contributed by atoms with Gasteiger partial charge in [-0.05, 0) is 56.5 Å². The highest BCUT2D eigenvalue weighted by Gasteiger charge is 2.34. The van der Waals surface area contributed by atoms with Crippen molar-refractivity contribution in [2.75, 3.05) is 18.4 Å². The third kappa shape index (κ3) is 4.08. The lowest BCUT2D eigenvalue weighted by atomic mass is 9.99. The van der Waals surface area contributed by atoms with E-state index in [0.717, 1.165) is 10.4 Å². The fraction of sp³-hybridized carbons (Fsp3) is 0.412. The number of carbonyl (C=O) groups excluding carboxylic acids is 1. The van der Waals surface area contributed by atoms with Crippen LogP contribution in [0.3, 0.4) is 0 Å². The lowest BCUT2D eigenvalue weighted by Crippen LogP contribution is -2.43. The first kappa shape index (κ1) is 18.0. The van der Waals surface area contributed by atoms with Crippen molar-refractivity contribution in [3.8, 4) is 0 Å². The average molecular weight is 380 g/mol. The molecule has 0 radical (unpaired) electrons. The van der Waals surface area contributed by atoms with Gasteiger partial charge in [0.2, 0.25) is 5.91 Å². The summed E-state index contributed by atoms with van der Waals surface area (Å²) in [4.78, 5) is 17.6. The van der Waals surface area contributed by atoms with Crippen molar-refractivity contribution >= 4 is 33.1 Å². The number of aromatic nitrogens is 1. The molecule has 0 aliphatic carbocycles. The Morgan fingerprint density at radius 3 is 2.80 bits per heavy atom. The number of pyridine rings is 1. The molecule has 0 saturated carbocycles. The zero-order valence-electron chi connectivity index (χ0n) is 14.2. The second-order valence-corrected chi connectivity index (χ2v) is 9.73. The third-order valence-electron chi connectivity index (χ3n) is 4.23. The normalized spacial score (nSPS) is 18.9. The van der Waals surface area contributed by atoms with Gasteiger partial charge in [0.15, 0.2) is 0 Å². The van der Waals surface area contributed by atoms with Gasteiger partial charge in [-0.3, -0.25) is 4.79 Å². The summed E-state index contributed by atoms with van der Waals surface area (Å²) in [6.45, 7) is 4.46. The summed E-state index contributed by atoms with van der Waals surface area (Å²) >= 11 is 1.26. The highest BCUT2D eigenvalue weighted by Crippen LogP contribution is 2.28. The summed E-state index contributed by atoms with van der Waals surface area (Å²) in [7, 11) is -3.53. The first-order chi connectivity index (χ1) is 11.9. The molecular formula is C17H21N3O3S2. The number of aryl methyl sites for hydroxylation is 2. The molecule has 1 unspecified atom stereocenters. The molecule has 3 heterocycles. The van der Waals surface area contributed by atoms with E-state index in [1.165, 1.54) is 15.6 Å². The van der Waals surface area contributed by atoms with E-state index in [9.17, 15) is 13.2 Å². The molecule has 1 aliphatic rings. The minimum atomic E-state index is -3.53. The molecule has 0 bridgehead atoms. The summed E-state index contributed by atoms with van der Waals surface area (Å²) in [5.74, 6) is -0.0499. The maximum absolute atomic E-state index is 12.8. The number of nitrogens with zero attached hydrogens (tertiary/aromatic N) is 2. The lowest BCUT2D eigenvalue weighted by Gasteiger charge is -2.30. The highest BCUT2D eigenvalue weighted by atomic mass is 32.2. The Hall–Kier alpha value is -1.77. The number of rotatable bonds is 4. The van der Waals surface area contributed by atoms with Gasteiger partial charge in [0, 0.05) is 24.2 Å². The molecule has 0 aromatic carbocycles. The van der Waals surface area contributed by atoms with Crippen LogP contribution in [-0.2, 0) is 14.8 Å². The van der Waals surface area contributed by atoms with Crippen molar-refractivity contribution in [1.82, 2.24) is 9.29 Å². The Kier molecular flexibility index (Phi) is 5.21. The molecule has 1 N–H and O–H groups in total. The van der Waals surface area contributed by atoms with Crippen molar-refractivity contribution in [3.63, 3.8) is 0 Å². The SMILES string of the molecule is Cc1ccnc(NC(=O)C2CCCN(S(=O)(=O)c3ccc(C)s3)C2)c1. The average Bonchev–Trinajstić information content (AvgIpc) is 3.02. The van der Waals surface area contributed by atoms with Gasteiger partial charge in [0.25, 0.3) is 10.0 Å². The summed E-state index contributed by atoms with van der Waals surface area (Å²) < 4.78 is 27.3. The second-order valence-electron chi connectivity index (χ2n) is 6.27. The van der Waals surface area contributed by atoms with Crippen LogP contribution in [0.2, 0.25) is 0 Å². The lowest BCUT2D eigenvalue weighted by molar-refractivity contribution is -0.120. The number of piperidine rings is 1. The number of anilines is 1. The highest BCUT2D eigenvalue weighted by molar-refractivity contribution is 7.91. The van der Waals surface area contributed by atoms with E-state index in [-0.39, 0.29) is 18.4 Å². The molecule has 3 rings (SSSR count). The molecule has 1 amide bonds. The number of sulfonamides is 1. The van der Waals surface area contributed by atoms with Crippen LogP contribution < -0.4 is 5.32 Å². The Bertz CT molecular complexity index is 877. The fourth-order valence-corrected chi connectivity index (χ4v) is 5.85. The molecule has 1 atom stereocenters. The maximum atomic E-state index is 12.8. The van der Waals surface area contributed by atoms with E-state index in [2.05, 4.69) is 10.3 Å². The number of amides is 1. The number of thiophene rings is 1. The van der Waals surface area contributed by atoms with Crippen molar-refractivity contribution in [2.45, 2.75) is 30.9 Å². The van der Waals surface area contributed by atoms with Crippen LogP contribution >= 0.6 is 11.3 Å². The molecular weight excluding hydrogens is 358 g/mol. The molecule has 8 heteroatoms. The number of nitrogens with one attached hydrogen (secondary N) is 1. The molecule has 1 saturated heterocycles. The van der Waals surface area contributed by atoms with E-state index >= 15 is 0 Å². The maximum Gasteiger partial charge on any atom is 0.252 e. The van der Waals surface area contributed by atoms with Crippen LogP contribution in [0, 0.1) is 19.8 Å². The van der Waals surface area contributed by atoms with Crippen LogP contribution in [0.1, 0.15) is 23.3 Å². The van der Waals surface area contributed by atoms with Crippen LogP contribution in [-0.4, -0.2) is 36.7 Å². The van der Waals surface area contributed by atoms with Crippen LogP contribution in [0.25, 0.3) is 0 Å². The van der Waals surface area contributed by atoms with Gasteiger partial charge in [-0.25, -0.2) is 13.4 Å². The molecule has 2 aromatic rings. The van der Waals surface area contributed by atoms with Gasteiger partial charge in [0.1, 0.15) is 10.0 Å². The quantitative estimate of drug-likeness (QED) is 0.886. The van der Waals surface area contributed by atoms with Gasteiger partial charge in [-0.15, -0.1) is 11.3 Å². The van der Waals surface area contributed by atoms with Gasteiger partial charge in [-0.2, -0.15) is 4.31 Å². The first-order valence-corrected chi connectivity index (χ1v) is 10.4. The first-order valence-electron chi connectivity index (χ1n) is 8.16. The largest absolute Gasteiger partial charge is 0.310 e. The zero-order chi connectivity index (χ0) is 18.0. The topological polar surface area (TPSA) is 79.4 Å². The second kappa shape index (κ2) is 7.23. The van der Waals surface area contributed by atoms with Crippen LogP contribution in [0.4, 0.5) is 5.82 Å². The predicted molar refractivity (Wildman–Crippen MR) is 98.1 cm³/mol. The molecule has 2 aromatic heterocycles. The Morgan fingerprint density at radius 2 is 2.12 bits per heavy atom. The number of hydrogen-bond donors (Lipinski definition) is 1.